The third-order valence-corrected chi connectivity index (χ3v) is 2.93. The Kier molecular flexibility index (Phi) is 3.85. The first-order valence-corrected chi connectivity index (χ1v) is 6.37. The molecule has 0 fully saturated rings. The van der Waals surface area contributed by atoms with E-state index in [-0.39, 0.29) is 5.60 Å². The van der Waals surface area contributed by atoms with Crippen molar-refractivity contribution in [1.29, 1.82) is 0 Å². The quantitative estimate of drug-likeness (QED) is 0.896. The second-order valence-corrected chi connectivity index (χ2v) is 5.06. The van der Waals surface area contributed by atoms with Crippen molar-refractivity contribution in [2.75, 3.05) is 12.3 Å². The first-order chi connectivity index (χ1) is 9.03. The van der Waals surface area contributed by atoms with Gasteiger partial charge in [-0.3, -0.25) is 4.98 Å². The fraction of sp³-hybridized carbons (Fsp3) is 0.429. The van der Waals surface area contributed by atoms with E-state index in [1.165, 1.54) is 0 Å². The SMILES string of the molecule is CCOC(C)(C)Cn1cncc1-c1cnccc1N. The maximum atomic E-state index is 5.99. The molecule has 2 heterocycles. The lowest BCUT2D eigenvalue weighted by Gasteiger charge is -2.26. The van der Waals surface area contributed by atoms with Crippen LogP contribution in [0.2, 0.25) is 0 Å². The Bertz CT molecular complexity index is 548. The number of imidazole rings is 1. The number of pyridine rings is 1. The molecule has 0 radical (unpaired) electrons. The third-order valence-electron chi connectivity index (χ3n) is 2.93. The molecule has 2 N–H and O–H groups in total. The Hall–Kier alpha value is -1.88. The number of hydrogen-bond acceptors (Lipinski definition) is 4. The summed E-state index contributed by atoms with van der Waals surface area (Å²) in [5.41, 5.74) is 8.29. The van der Waals surface area contributed by atoms with E-state index in [4.69, 9.17) is 10.5 Å². The van der Waals surface area contributed by atoms with Crippen molar-refractivity contribution >= 4 is 5.69 Å². The van der Waals surface area contributed by atoms with Crippen LogP contribution in [0.1, 0.15) is 20.8 Å². The third kappa shape index (κ3) is 3.12. The zero-order valence-electron chi connectivity index (χ0n) is 11.6. The number of nitrogens with zero attached hydrogens (tertiary/aromatic N) is 3. The Morgan fingerprint density at radius 1 is 1.32 bits per heavy atom. The summed E-state index contributed by atoms with van der Waals surface area (Å²) in [7, 11) is 0. The molecule has 2 rings (SSSR count). The molecule has 0 aromatic carbocycles. The molecule has 0 unspecified atom stereocenters. The summed E-state index contributed by atoms with van der Waals surface area (Å²) in [4.78, 5) is 8.33. The smallest absolute Gasteiger partial charge is 0.0951 e. The van der Waals surface area contributed by atoms with Gasteiger partial charge in [0, 0.05) is 30.3 Å². The molecule has 2 aromatic heterocycles. The van der Waals surface area contributed by atoms with E-state index < -0.39 is 0 Å². The Morgan fingerprint density at radius 2 is 2.11 bits per heavy atom. The van der Waals surface area contributed by atoms with E-state index in [1.807, 2.05) is 11.5 Å². The van der Waals surface area contributed by atoms with E-state index in [1.54, 1.807) is 31.0 Å². The average molecular weight is 260 g/mol. The summed E-state index contributed by atoms with van der Waals surface area (Å²) in [5.74, 6) is 0. The summed E-state index contributed by atoms with van der Waals surface area (Å²) < 4.78 is 7.77. The minimum absolute atomic E-state index is 0.249. The van der Waals surface area contributed by atoms with Crippen molar-refractivity contribution in [3.63, 3.8) is 0 Å². The van der Waals surface area contributed by atoms with Gasteiger partial charge in [0.05, 0.1) is 30.4 Å². The van der Waals surface area contributed by atoms with Crippen molar-refractivity contribution in [3.8, 4) is 11.3 Å². The van der Waals surface area contributed by atoms with Crippen molar-refractivity contribution in [3.05, 3.63) is 31.0 Å². The first-order valence-electron chi connectivity index (χ1n) is 6.37. The summed E-state index contributed by atoms with van der Waals surface area (Å²) in [6, 6.07) is 1.79. The van der Waals surface area contributed by atoms with Crippen molar-refractivity contribution in [2.24, 2.45) is 0 Å². The molecule has 0 bridgehead atoms. The summed E-state index contributed by atoms with van der Waals surface area (Å²) in [5, 5.41) is 0. The zero-order valence-corrected chi connectivity index (χ0v) is 11.6. The number of ether oxygens (including phenoxy) is 1. The number of rotatable bonds is 5. The molecular weight excluding hydrogens is 240 g/mol. The minimum atomic E-state index is -0.249. The van der Waals surface area contributed by atoms with Gasteiger partial charge in [0.25, 0.3) is 0 Å². The highest BCUT2D eigenvalue weighted by atomic mass is 16.5. The largest absolute Gasteiger partial charge is 0.398 e. The molecule has 0 aliphatic carbocycles. The monoisotopic (exact) mass is 260 g/mol. The van der Waals surface area contributed by atoms with Gasteiger partial charge < -0.3 is 15.0 Å². The van der Waals surface area contributed by atoms with Crippen LogP contribution in [0.4, 0.5) is 5.69 Å². The molecule has 5 nitrogen and oxygen atoms in total. The molecule has 19 heavy (non-hydrogen) atoms. The van der Waals surface area contributed by atoms with E-state index in [2.05, 4.69) is 23.8 Å². The van der Waals surface area contributed by atoms with Crippen LogP contribution in [0.25, 0.3) is 11.3 Å². The van der Waals surface area contributed by atoms with Gasteiger partial charge in [0.2, 0.25) is 0 Å². The van der Waals surface area contributed by atoms with Gasteiger partial charge in [0.15, 0.2) is 0 Å². The Morgan fingerprint density at radius 3 is 2.79 bits per heavy atom. The summed E-state index contributed by atoms with van der Waals surface area (Å²) in [6.07, 6.45) is 7.04. The lowest BCUT2D eigenvalue weighted by molar-refractivity contribution is -0.0221. The molecule has 5 heteroatoms. The molecule has 0 atom stereocenters. The second-order valence-electron chi connectivity index (χ2n) is 5.06. The van der Waals surface area contributed by atoms with E-state index >= 15 is 0 Å². The highest BCUT2D eigenvalue weighted by Gasteiger charge is 2.20. The van der Waals surface area contributed by atoms with Crippen molar-refractivity contribution in [1.82, 2.24) is 14.5 Å². The number of nitrogens with two attached hydrogens (primary N) is 1. The van der Waals surface area contributed by atoms with Gasteiger partial charge in [-0.2, -0.15) is 0 Å². The summed E-state index contributed by atoms with van der Waals surface area (Å²) in [6.45, 7) is 7.52. The highest BCUT2D eigenvalue weighted by molar-refractivity contribution is 5.72. The zero-order chi connectivity index (χ0) is 13.9. The fourth-order valence-electron chi connectivity index (χ4n) is 2.14. The van der Waals surface area contributed by atoms with Crippen LogP contribution in [0, 0.1) is 0 Å². The molecule has 0 amide bonds. The van der Waals surface area contributed by atoms with Crippen LogP contribution in [-0.2, 0) is 11.3 Å². The van der Waals surface area contributed by atoms with E-state index in [9.17, 15) is 0 Å². The van der Waals surface area contributed by atoms with Gasteiger partial charge in [-0.1, -0.05) is 0 Å². The standard InChI is InChI=1S/C14H20N4O/c1-4-19-14(2,3)9-18-10-17-8-13(18)11-7-16-6-5-12(11)15/h5-8,10H,4,9H2,1-3H3,(H2,15,16). The molecule has 0 aliphatic heterocycles. The van der Waals surface area contributed by atoms with Crippen LogP contribution in [0.5, 0.6) is 0 Å². The fourth-order valence-corrected chi connectivity index (χ4v) is 2.14. The number of nitrogen functional groups attached to an aromatic ring is 1. The predicted molar refractivity (Wildman–Crippen MR) is 75.6 cm³/mol. The van der Waals surface area contributed by atoms with Crippen LogP contribution >= 0.6 is 0 Å². The van der Waals surface area contributed by atoms with Crippen LogP contribution in [0.3, 0.4) is 0 Å². The normalized spacial score (nSPS) is 11.7. The summed E-state index contributed by atoms with van der Waals surface area (Å²) >= 11 is 0. The molecule has 2 aromatic rings. The first kappa shape index (κ1) is 13.5. The molecule has 0 aliphatic rings. The second kappa shape index (κ2) is 5.40. The van der Waals surface area contributed by atoms with E-state index in [0.29, 0.717) is 18.8 Å². The topological polar surface area (TPSA) is 66.0 Å². The van der Waals surface area contributed by atoms with Gasteiger partial charge in [0.1, 0.15) is 0 Å². The Labute approximate surface area is 113 Å². The van der Waals surface area contributed by atoms with Gasteiger partial charge >= 0.3 is 0 Å². The molecular formula is C14H20N4O. The van der Waals surface area contributed by atoms with Crippen LogP contribution in [0.15, 0.2) is 31.0 Å². The molecule has 0 spiro atoms. The lowest BCUT2D eigenvalue weighted by atomic mass is 10.1. The number of aromatic nitrogens is 3. The van der Waals surface area contributed by atoms with Gasteiger partial charge in [-0.25, -0.2) is 4.98 Å². The molecule has 102 valence electrons. The van der Waals surface area contributed by atoms with Crippen LogP contribution in [-0.4, -0.2) is 26.7 Å². The Balaban J connectivity index is 2.31. The lowest BCUT2D eigenvalue weighted by Crippen LogP contribution is -2.30. The number of anilines is 1. The van der Waals surface area contributed by atoms with Crippen molar-refractivity contribution in [2.45, 2.75) is 32.9 Å². The molecule has 0 saturated carbocycles. The highest BCUT2D eigenvalue weighted by Crippen LogP contribution is 2.26. The average Bonchev–Trinajstić information content (AvgIpc) is 2.76. The van der Waals surface area contributed by atoms with Gasteiger partial charge in [-0.15, -0.1) is 0 Å². The minimum Gasteiger partial charge on any atom is -0.398 e. The van der Waals surface area contributed by atoms with E-state index in [0.717, 1.165) is 11.3 Å². The maximum Gasteiger partial charge on any atom is 0.0951 e. The van der Waals surface area contributed by atoms with Crippen molar-refractivity contribution < 1.29 is 4.74 Å². The predicted octanol–water partition coefficient (Wildman–Crippen LogP) is 2.34. The van der Waals surface area contributed by atoms with Gasteiger partial charge in [-0.05, 0) is 26.8 Å². The van der Waals surface area contributed by atoms with Crippen LogP contribution < -0.4 is 5.73 Å². The number of hydrogen-bond donors (Lipinski definition) is 1. The molecule has 0 saturated heterocycles. The maximum absolute atomic E-state index is 5.99.